The minimum atomic E-state index is -3.90. The van der Waals surface area contributed by atoms with E-state index in [0.717, 1.165) is 25.5 Å². The SMILES string of the molecule is CCOc1cc(/C=N\NC(=O)[C@@H](CC(C)C)NS(=O)(=O)c2ccc(C)cc2)cc(I)c1OCc1cccc2ccccc12. The molecule has 0 saturated carbocycles. The molecular formula is C33H36IN3O5S. The van der Waals surface area contributed by atoms with Crippen LogP contribution in [-0.4, -0.2) is 33.2 Å². The lowest BCUT2D eigenvalue weighted by Crippen LogP contribution is -2.46. The fourth-order valence-corrected chi connectivity index (χ4v) is 6.52. The van der Waals surface area contributed by atoms with E-state index < -0.39 is 22.0 Å². The van der Waals surface area contributed by atoms with Gasteiger partial charge in [-0.25, -0.2) is 13.8 Å². The Labute approximate surface area is 267 Å². The Morgan fingerprint density at radius 2 is 1.72 bits per heavy atom. The van der Waals surface area contributed by atoms with Crippen LogP contribution in [0, 0.1) is 16.4 Å². The fourth-order valence-electron chi connectivity index (χ4n) is 4.53. The van der Waals surface area contributed by atoms with Gasteiger partial charge in [0.25, 0.3) is 5.91 Å². The molecule has 0 aliphatic carbocycles. The van der Waals surface area contributed by atoms with Crippen LogP contribution in [0.25, 0.3) is 10.8 Å². The zero-order valence-electron chi connectivity index (χ0n) is 24.6. The lowest BCUT2D eigenvalue weighted by atomic mass is 10.0. The molecule has 0 spiro atoms. The third-order valence-corrected chi connectivity index (χ3v) is 8.91. The standard InChI is InChI=1S/C33H36IN3O5S/c1-5-41-31-19-24(18-29(34)32(31)42-21-26-11-8-10-25-9-6-7-12-28(25)26)20-35-36-33(38)30(17-22(2)3)37-43(39,40)27-15-13-23(4)14-16-27/h6-16,18-20,22,30,37H,5,17,21H2,1-4H3,(H,36,38)/b35-20-/t30-/m1/s1. The minimum Gasteiger partial charge on any atom is -0.490 e. The number of halogens is 1. The summed E-state index contributed by atoms with van der Waals surface area (Å²) in [4.78, 5) is 13.1. The normalized spacial score (nSPS) is 12.5. The van der Waals surface area contributed by atoms with E-state index in [4.69, 9.17) is 9.47 Å². The van der Waals surface area contributed by atoms with E-state index in [0.29, 0.717) is 36.7 Å². The van der Waals surface area contributed by atoms with Gasteiger partial charge in [0.2, 0.25) is 10.0 Å². The number of hydrogen-bond acceptors (Lipinski definition) is 6. The molecule has 4 aromatic carbocycles. The number of aryl methyl sites for hydroxylation is 1. The molecule has 0 saturated heterocycles. The first-order valence-electron chi connectivity index (χ1n) is 14.0. The number of nitrogens with zero attached hydrogens (tertiary/aromatic N) is 1. The van der Waals surface area contributed by atoms with Crippen LogP contribution in [0.5, 0.6) is 11.5 Å². The van der Waals surface area contributed by atoms with Crippen molar-refractivity contribution in [2.24, 2.45) is 11.0 Å². The van der Waals surface area contributed by atoms with Gasteiger partial charge in [0.05, 0.1) is 21.3 Å². The number of nitrogens with one attached hydrogen (secondary N) is 2. The van der Waals surface area contributed by atoms with Gasteiger partial charge in [-0.1, -0.05) is 74.0 Å². The second-order valence-corrected chi connectivity index (χ2v) is 13.4. The smallest absolute Gasteiger partial charge is 0.258 e. The van der Waals surface area contributed by atoms with Crippen molar-refractivity contribution in [3.8, 4) is 11.5 Å². The topological polar surface area (TPSA) is 106 Å². The molecule has 0 aliphatic rings. The van der Waals surface area contributed by atoms with Crippen LogP contribution in [-0.2, 0) is 21.4 Å². The van der Waals surface area contributed by atoms with Gasteiger partial charge >= 0.3 is 0 Å². The Balaban J connectivity index is 1.47. The van der Waals surface area contributed by atoms with Crippen LogP contribution < -0.4 is 19.6 Å². The van der Waals surface area contributed by atoms with Gasteiger partial charge in [-0.3, -0.25) is 4.79 Å². The van der Waals surface area contributed by atoms with E-state index in [1.54, 1.807) is 18.2 Å². The molecule has 0 aliphatic heterocycles. The molecule has 0 bridgehead atoms. The maximum Gasteiger partial charge on any atom is 0.258 e. The summed E-state index contributed by atoms with van der Waals surface area (Å²) in [5.74, 6) is 0.706. The number of sulfonamides is 1. The second-order valence-electron chi connectivity index (χ2n) is 10.5. The highest BCUT2D eigenvalue weighted by Crippen LogP contribution is 2.35. The number of hydrazone groups is 1. The quantitative estimate of drug-likeness (QED) is 0.0927. The third kappa shape index (κ3) is 8.77. The van der Waals surface area contributed by atoms with Crippen LogP contribution in [0.3, 0.4) is 0 Å². The lowest BCUT2D eigenvalue weighted by molar-refractivity contribution is -0.123. The van der Waals surface area contributed by atoms with Crippen LogP contribution in [0.1, 0.15) is 43.9 Å². The van der Waals surface area contributed by atoms with Crippen molar-refractivity contribution >= 4 is 55.5 Å². The van der Waals surface area contributed by atoms with E-state index in [1.165, 1.54) is 18.3 Å². The van der Waals surface area contributed by atoms with Crippen LogP contribution >= 0.6 is 22.6 Å². The molecule has 4 rings (SSSR count). The predicted molar refractivity (Wildman–Crippen MR) is 179 cm³/mol. The maximum atomic E-state index is 13.0. The minimum absolute atomic E-state index is 0.0668. The molecule has 0 aromatic heterocycles. The van der Waals surface area contributed by atoms with E-state index in [9.17, 15) is 13.2 Å². The van der Waals surface area contributed by atoms with E-state index in [1.807, 2.05) is 58.0 Å². The Hall–Kier alpha value is -3.48. The second kappa shape index (κ2) is 14.8. The largest absolute Gasteiger partial charge is 0.490 e. The maximum absolute atomic E-state index is 13.0. The molecule has 0 fully saturated rings. The molecule has 2 N–H and O–H groups in total. The van der Waals surface area contributed by atoms with Gasteiger partial charge in [0.1, 0.15) is 12.6 Å². The first-order chi connectivity index (χ1) is 20.6. The zero-order chi connectivity index (χ0) is 31.0. The fraction of sp³-hybridized carbons (Fsp3) is 0.273. The third-order valence-electron chi connectivity index (χ3n) is 6.62. The predicted octanol–water partition coefficient (Wildman–Crippen LogP) is 6.57. The molecular weight excluding hydrogens is 677 g/mol. The van der Waals surface area contributed by atoms with Gasteiger partial charge in [-0.05, 0) is 94.9 Å². The first-order valence-corrected chi connectivity index (χ1v) is 16.6. The number of fused-ring (bicyclic) bond motifs is 1. The molecule has 4 aromatic rings. The van der Waals surface area contributed by atoms with E-state index >= 15 is 0 Å². The highest BCUT2D eigenvalue weighted by atomic mass is 127. The van der Waals surface area contributed by atoms with Crippen molar-refractivity contribution in [3.05, 3.63) is 99.1 Å². The van der Waals surface area contributed by atoms with Crippen molar-refractivity contribution < 1.29 is 22.7 Å². The molecule has 43 heavy (non-hydrogen) atoms. The Kier molecular flexibility index (Phi) is 11.2. The van der Waals surface area contributed by atoms with Crippen molar-refractivity contribution in [2.75, 3.05) is 6.61 Å². The molecule has 1 atom stereocenters. The number of benzene rings is 4. The van der Waals surface area contributed by atoms with Crippen LogP contribution in [0.15, 0.2) is 88.9 Å². The molecule has 0 radical (unpaired) electrons. The van der Waals surface area contributed by atoms with E-state index in [2.05, 4.69) is 56.0 Å². The Bertz CT molecular complexity index is 1700. The van der Waals surface area contributed by atoms with Crippen molar-refractivity contribution in [1.29, 1.82) is 0 Å². The van der Waals surface area contributed by atoms with Gasteiger partial charge in [0.15, 0.2) is 11.5 Å². The monoisotopic (exact) mass is 713 g/mol. The van der Waals surface area contributed by atoms with Crippen molar-refractivity contribution in [1.82, 2.24) is 10.1 Å². The van der Waals surface area contributed by atoms with Crippen LogP contribution in [0.4, 0.5) is 0 Å². The molecule has 0 unspecified atom stereocenters. The van der Waals surface area contributed by atoms with Gasteiger partial charge in [-0.2, -0.15) is 9.82 Å². The number of hydrogen-bond donors (Lipinski definition) is 2. The average Bonchev–Trinajstić information content (AvgIpc) is 2.96. The summed E-state index contributed by atoms with van der Waals surface area (Å²) in [5.41, 5.74) is 5.19. The van der Waals surface area contributed by atoms with Gasteiger partial charge in [0, 0.05) is 0 Å². The van der Waals surface area contributed by atoms with Crippen LogP contribution in [0.2, 0.25) is 0 Å². The van der Waals surface area contributed by atoms with Crippen molar-refractivity contribution in [3.63, 3.8) is 0 Å². The molecule has 0 heterocycles. The molecule has 10 heteroatoms. The summed E-state index contributed by atoms with van der Waals surface area (Å²) in [6.07, 6.45) is 1.81. The highest BCUT2D eigenvalue weighted by Gasteiger charge is 2.26. The van der Waals surface area contributed by atoms with Gasteiger partial charge in [-0.15, -0.1) is 0 Å². The summed E-state index contributed by atoms with van der Waals surface area (Å²) in [7, 11) is -3.90. The Morgan fingerprint density at radius 3 is 2.44 bits per heavy atom. The summed E-state index contributed by atoms with van der Waals surface area (Å²) in [6.45, 7) is 8.43. The van der Waals surface area contributed by atoms with Crippen molar-refractivity contribution in [2.45, 2.75) is 51.7 Å². The van der Waals surface area contributed by atoms with Gasteiger partial charge < -0.3 is 9.47 Å². The summed E-state index contributed by atoms with van der Waals surface area (Å²) in [5, 5.41) is 6.41. The number of carbonyl (C=O) groups excluding carboxylic acids is 1. The zero-order valence-corrected chi connectivity index (χ0v) is 27.6. The number of rotatable bonds is 13. The summed E-state index contributed by atoms with van der Waals surface area (Å²) < 4.78 is 41.4. The number of carbonyl (C=O) groups is 1. The number of amides is 1. The Morgan fingerprint density at radius 1 is 1.00 bits per heavy atom. The lowest BCUT2D eigenvalue weighted by Gasteiger charge is -2.19. The number of ether oxygens (including phenoxy) is 2. The molecule has 226 valence electrons. The molecule has 1 amide bonds. The van der Waals surface area contributed by atoms with E-state index in [-0.39, 0.29) is 10.8 Å². The highest BCUT2D eigenvalue weighted by molar-refractivity contribution is 14.1. The first kappa shape index (κ1) is 32.4. The average molecular weight is 714 g/mol. The molecule has 8 nitrogen and oxygen atoms in total. The summed E-state index contributed by atoms with van der Waals surface area (Å²) >= 11 is 2.19. The summed E-state index contributed by atoms with van der Waals surface area (Å²) in [6, 6.07) is 23.5.